The summed E-state index contributed by atoms with van der Waals surface area (Å²) in [6, 6.07) is 25.7. The highest BCUT2D eigenvalue weighted by atomic mass is 32.2. The molecule has 1 aromatic heterocycles. The molecule has 0 atom stereocenters. The molecule has 0 bridgehead atoms. The number of hydrogen-bond donors (Lipinski definition) is 3. The van der Waals surface area contributed by atoms with Crippen LogP contribution in [-0.4, -0.2) is 23.5 Å². The number of thioether (sulfide) groups is 1. The maximum absolute atomic E-state index is 13.2. The molecule has 3 N–H and O–H groups in total. The predicted molar refractivity (Wildman–Crippen MR) is 161 cm³/mol. The van der Waals surface area contributed by atoms with E-state index in [1.807, 2.05) is 59.3 Å². The van der Waals surface area contributed by atoms with E-state index >= 15 is 0 Å². The van der Waals surface area contributed by atoms with Crippen LogP contribution < -0.4 is 16.0 Å². The third-order valence-corrected chi connectivity index (χ3v) is 7.40. The summed E-state index contributed by atoms with van der Waals surface area (Å²) in [6.07, 6.45) is 1.64. The van der Waals surface area contributed by atoms with Crippen molar-refractivity contribution < 1.29 is 14.4 Å². The van der Waals surface area contributed by atoms with Crippen LogP contribution in [0, 0.1) is 0 Å². The van der Waals surface area contributed by atoms with Crippen molar-refractivity contribution in [3.05, 3.63) is 118 Å². The lowest BCUT2D eigenvalue weighted by Crippen LogP contribution is -2.30. The summed E-state index contributed by atoms with van der Waals surface area (Å²) in [5.74, 6) is -0.284. The molecule has 0 radical (unpaired) electrons. The molecule has 3 aromatic carbocycles. The molecule has 4 rings (SSSR count). The molecule has 198 valence electrons. The van der Waals surface area contributed by atoms with Crippen LogP contribution in [0.25, 0.3) is 6.08 Å². The number of thiophene rings is 1. The summed E-state index contributed by atoms with van der Waals surface area (Å²) >= 11 is 2.87. The van der Waals surface area contributed by atoms with E-state index in [1.54, 1.807) is 42.5 Å². The Morgan fingerprint density at radius 1 is 0.872 bits per heavy atom. The zero-order valence-electron chi connectivity index (χ0n) is 21.6. The van der Waals surface area contributed by atoms with Crippen molar-refractivity contribution in [3.8, 4) is 0 Å². The molecule has 1 heterocycles. The van der Waals surface area contributed by atoms with Gasteiger partial charge in [0.2, 0.25) is 5.91 Å². The molecule has 0 aliphatic rings. The van der Waals surface area contributed by atoms with E-state index in [0.29, 0.717) is 17.2 Å². The van der Waals surface area contributed by atoms with Gasteiger partial charge in [0.25, 0.3) is 11.8 Å². The third kappa shape index (κ3) is 8.43. The highest BCUT2D eigenvalue weighted by Gasteiger charge is 2.15. The molecular formula is C31H29N3O3S2. The number of rotatable bonds is 10. The quantitative estimate of drug-likeness (QED) is 0.145. The average Bonchev–Trinajstić information content (AvgIpc) is 3.46. The van der Waals surface area contributed by atoms with Crippen LogP contribution in [0.2, 0.25) is 0 Å². The fourth-order valence-electron chi connectivity index (χ4n) is 3.63. The molecule has 39 heavy (non-hydrogen) atoms. The van der Waals surface area contributed by atoms with Gasteiger partial charge in [-0.2, -0.15) is 11.3 Å². The SMILES string of the molecule is CC(C)c1ccc(NC(=O)CSc2cccc(NC(=O)/C(=C/c3ccsc3)NC(=O)c3ccccc3)c2)cc1. The monoisotopic (exact) mass is 555 g/mol. The van der Waals surface area contributed by atoms with Crippen molar-refractivity contribution in [2.45, 2.75) is 24.7 Å². The first-order chi connectivity index (χ1) is 18.9. The van der Waals surface area contributed by atoms with E-state index in [4.69, 9.17) is 0 Å². The molecule has 0 spiro atoms. The Balaban J connectivity index is 1.38. The Kier molecular flexibility index (Phi) is 9.72. The van der Waals surface area contributed by atoms with Crippen LogP contribution in [0.3, 0.4) is 0 Å². The Morgan fingerprint density at radius 3 is 2.33 bits per heavy atom. The molecule has 8 heteroatoms. The lowest BCUT2D eigenvalue weighted by atomic mass is 10.0. The molecule has 6 nitrogen and oxygen atoms in total. The maximum atomic E-state index is 13.2. The van der Waals surface area contributed by atoms with E-state index in [-0.39, 0.29) is 23.3 Å². The van der Waals surface area contributed by atoms with Gasteiger partial charge in [0.1, 0.15) is 5.70 Å². The van der Waals surface area contributed by atoms with Crippen LogP contribution in [0.1, 0.15) is 41.3 Å². The van der Waals surface area contributed by atoms with E-state index in [9.17, 15) is 14.4 Å². The fraction of sp³-hybridized carbons (Fsp3) is 0.129. The number of nitrogens with one attached hydrogen (secondary N) is 3. The smallest absolute Gasteiger partial charge is 0.272 e. The first-order valence-electron chi connectivity index (χ1n) is 12.4. The summed E-state index contributed by atoms with van der Waals surface area (Å²) in [6.45, 7) is 4.25. The highest BCUT2D eigenvalue weighted by Crippen LogP contribution is 2.23. The minimum Gasteiger partial charge on any atom is -0.325 e. The second-order valence-corrected chi connectivity index (χ2v) is 10.9. The number of hydrogen-bond acceptors (Lipinski definition) is 5. The minimum absolute atomic E-state index is 0.114. The van der Waals surface area contributed by atoms with Gasteiger partial charge in [0, 0.05) is 21.8 Å². The van der Waals surface area contributed by atoms with Gasteiger partial charge in [0.15, 0.2) is 0 Å². The third-order valence-electron chi connectivity index (χ3n) is 5.71. The summed E-state index contributed by atoms with van der Waals surface area (Å²) in [5.41, 5.74) is 3.92. The highest BCUT2D eigenvalue weighted by molar-refractivity contribution is 8.00. The van der Waals surface area contributed by atoms with E-state index in [1.165, 1.54) is 28.7 Å². The van der Waals surface area contributed by atoms with Gasteiger partial charge in [-0.05, 0) is 82.4 Å². The number of amides is 3. The molecule has 3 amide bonds. The van der Waals surface area contributed by atoms with Gasteiger partial charge in [0.05, 0.1) is 5.75 Å². The van der Waals surface area contributed by atoms with Gasteiger partial charge in [-0.25, -0.2) is 0 Å². The summed E-state index contributed by atoms with van der Waals surface area (Å²) in [4.78, 5) is 39.2. The number of benzene rings is 3. The van der Waals surface area contributed by atoms with Crippen LogP contribution in [0.4, 0.5) is 11.4 Å². The normalized spacial score (nSPS) is 11.2. The minimum atomic E-state index is -0.449. The summed E-state index contributed by atoms with van der Waals surface area (Å²) in [7, 11) is 0. The van der Waals surface area contributed by atoms with Gasteiger partial charge in [-0.3, -0.25) is 14.4 Å². The van der Waals surface area contributed by atoms with Crippen molar-refractivity contribution in [1.29, 1.82) is 0 Å². The predicted octanol–water partition coefficient (Wildman–Crippen LogP) is 7.01. The second-order valence-electron chi connectivity index (χ2n) is 9.03. The van der Waals surface area contributed by atoms with E-state index in [0.717, 1.165) is 16.1 Å². The number of carbonyl (C=O) groups excluding carboxylic acids is 3. The van der Waals surface area contributed by atoms with Crippen molar-refractivity contribution in [3.63, 3.8) is 0 Å². The molecule has 0 aliphatic heterocycles. The van der Waals surface area contributed by atoms with Gasteiger partial charge in [-0.1, -0.05) is 50.2 Å². The lowest BCUT2D eigenvalue weighted by molar-refractivity contribution is -0.114. The first kappa shape index (κ1) is 27.9. The molecule has 0 aliphatic carbocycles. The van der Waals surface area contributed by atoms with Gasteiger partial charge >= 0.3 is 0 Å². The molecule has 4 aromatic rings. The molecule has 0 unspecified atom stereocenters. The lowest BCUT2D eigenvalue weighted by Gasteiger charge is -2.12. The standard InChI is InChI=1S/C31H29N3O3S2/c1-21(2)23-11-13-25(14-12-23)32-29(35)20-39-27-10-6-9-26(18-27)33-31(37)28(17-22-15-16-38-19-22)34-30(36)24-7-4-3-5-8-24/h3-19,21H,20H2,1-2H3,(H,32,35)(H,33,37)(H,34,36)/b28-17-. The van der Waals surface area contributed by atoms with Crippen molar-refractivity contribution >= 4 is 58.3 Å². The van der Waals surface area contributed by atoms with Crippen LogP contribution >= 0.6 is 23.1 Å². The Bertz CT molecular complexity index is 1450. The average molecular weight is 556 g/mol. The van der Waals surface area contributed by atoms with Gasteiger partial charge < -0.3 is 16.0 Å². The molecule has 0 saturated carbocycles. The van der Waals surface area contributed by atoms with E-state index < -0.39 is 5.91 Å². The van der Waals surface area contributed by atoms with Crippen LogP contribution in [-0.2, 0) is 9.59 Å². The number of anilines is 2. The Labute approximate surface area is 236 Å². The topological polar surface area (TPSA) is 87.3 Å². The maximum Gasteiger partial charge on any atom is 0.272 e. The first-order valence-corrected chi connectivity index (χ1v) is 14.3. The van der Waals surface area contributed by atoms with Crippen molar-refractivity contribution in [2.24, 2.45) is 0 Å². The Morgan fingerprint density at radius 2 is 1.64 bits per heavy atom. The Hall–Kier alpha value is -4.14. The van der Waals surface area contributed by atoms with Crippen LogP contribution in [0.5, 0.6) is 0 Å². The van der Waals surface area contributed by atoms with Crippen molar-refractivity contribution in [1.82, 2.24) is 5.32 Å². The second kappa shape index (κ2) is 13.6. The fourth-order valence-corrected chi connectivity index (χ4v) is 5.00. The summed E-state index contributed by atoms with van der Waals surface area (Å²) < 4.78 is 0. The van der Waals surface area contributed by atoms with E-state index in [2.05, 4.69) is 29.8 Å². The van der Waals surface area contributed by atoms with Crippen LogP contribution in [0.15, 0.2) is 106 Å². The molecular weight excluding hydrogens is 526 g/mol. The zero-order chi connectivity index (χ0) is 27.6. The summed E-state index contributed by atoms with van der Waals surface area (Å²) in [5, 5.41) is 12.3. The van der Waals surface area contributed by atoms with Gasteiger partial charge in [-0.15, -0.1) is 11.8 Å². The molecule has 0 fully saturated rings. The molecule has 0 saturated heterocycles. The number of carbonyl (C=O) groups is 3. The largest absolute Gasteiger partial charge is 0.325 e. The zero-order valence-corrected chi connectivity index (χ0v) is 23.3. The van der Waals surface area contributed by atoms with Crippen molar-refractivity contribution in [2.75, 3.05) is 16.4 Å².